The highest BCUT2D eigenvalue weighted by atomic mass is 15.0. The Labute approximate surface area is 57.0 Å². The molecule has 0 amide bonds. The van der Waals surface area contributed by atoms with Crippen LogP contribution in [0.2, 0.25) is 0 Å². The summed E-state index contributed by atoms with van der Waals surface area (Å²) >= 11 is 0. The van der Waals surface area contributed by atoms with E-state index in [-0.39, 0.29) is 5.82 Å². The molecule has 3 heteroatoms. The van der Waals surface area contributed by atoms with Crippen molar-refractivity contribution in [1.29, 1.82) is 0 Å². The predicted molar refractivity (Wildman–Crippen MR) is 34.0 cm³/mol. The van der Waals surface area contributed by atoms with Gasteiger partial charge < -0.3 is 0 Å². The van der Waals surface area contributed by atoms with E-state index < -0.39 is 6.88 Å². The maximum Gasteiger partial charge on any atom is 0.129 e. The molecule has 9 heavy (non-hydrogen) atoms. The molecule has 0 radical (unpaired) electrons. The van der Waals surface area contributed by atoms with E-state index in [0.717, 1.165) is 0 Å². The van der Waals surface area contributed by atoms with Crippen LogP contribution in [0, 0.1) is 20.7 Å². The first-order valence-electron chi connectivity index (χ1n) is 3.79. The number of nitrogens with zero attached hydrogens (tertiary/aromatic N) is 3. The fourth-order valence-electron chi connectivity index (χ4n) is 0.641. The highest BCUT2D eigenvalue weighted by molar-refractivity contribution is 4.91. The molecule has 1 aromatic heterocycles. The van der Waals surface area contributed by atoms with Gasteiger partial charge in [-0.3, -0.25) is 0 Å². The molecule has 1 rings (SSSR count). The molecule has 0 aromatic carbocycles. The summed E-state index contributed by atoms with van der Waals surface area (Å²) in [7, 11) is 0. The standard InChI is InChI=1S/C6H9N3/c1-4-7-5(2)9-6(3)8-4/h1-3H3/i1T2. The highest BCUT2D eigenvalue weighted by Crippen LogP contribution is 1.90. The molecule has 0 aliphatic heterocycles. The maximum absolute atomic E-state index is 7.03. The Hall–Kier alpha value is -0.990. The molecule has 0 unspecified atom stereocenters. The second kappa shape index (κ2) is 2.09. The molecule has 0 atom stereocenters. The van der Waals surface area contributed by atoms with Crippen LogP contribution in [0.4, 0.5) is 0 Å². The van der Waals surface area contributed by atoms with E-state index in [9.17, 15) is 0 Å². The van der Waals surface area contributed by atoms with Gasteiger partial charge in [-0.2, -0.15) is 0 Å². The average molecular weight is 127 g/mol. The van der Waals surface area contributed by atoms with Crippen LogP contribution in [0.25, 0.3) is 0 Å². The lowest BCUT2D eigenvalue weighted by Crippen LogP contribution is -1.97. The summed E-state index contributed by atoms with van der Waals surface area (Å²) in [5.41, 5.74) is 0. The molecule has 0 aliphatic carbocycles. The van der Waals surface area contributed by atoms with Gasteiger partial charge in [0.2, 0.25) is 0 Å². The van der Waals surface area contributed by atoms with Gasteiger partial charge in [0, 0.05) is 2.74 Å². The van der Waals surface area contributed by atoms with Crippen molar-refractivity contribution in [1.82, 2.24) is 15.0 Å². The van der Waals surface area contributed by atoms with Crippen LogP contribution in [0.1, 0.15) is 20.2 Å². The van der Waals surface area contributed by atoms with Crippen LogP contribution >= 0.6 is 0 Å². The first-order valence-corrected chi connectivity index (χ1v) is 2.63. The molecule has 0 spiro atoms. The van der Waals surface area contributed by atoms with Crippen molar-refractivity contribution < 1.29 is 2.74 Å². The molecular formula is C6H9N3. The normalized spacial score (nSPS) is 13.2. The monoisotopic (exact) mass is 127 g/mol. The summed E-state index contributed by atoms with van der Waals surface area (Å²) in [5.74, 6) is 1.35. The maximum atomic E-state index is 7.03. The molecule has 0 saturated carbocycles. The minimum Gasteiger partial charge on any atom is -0.219 e. The molecular weight excluding hydrogens is 114 g/mol. The molecule has 48 valence electrons. The van der Waals surface area contributed by atoms with E-state index in [2.05, 4.69) is 15.0 Å². The van der Waals surface area contributed by atoms with E-state index in [4.69, 9.17) is 2.74 Å². The van der Waals surface area contributed by atoms with E-state index >= 15 is 0 Å². The van der Waals surface area contributed by atoms with Crippen molar-refractivity contribution in [2.45, 2.75) is 20.7 Å². The van der Waals surface area contributed by atoms with E-state index in [1.54, 1.807) is 13.8 Å². The van der Waals surface area contributed by atoms with Crippen LogP contribution in [0.5, 0.6) is 0 Å². The minimum absolute atomic E-state index is 0.218. The lowest BCUT2D eigenvalue weighted by Gasteiger charge is -1.94. The molecule has 3 nitrogen and oxygen atoms in total. The SMILES string of the molecule is [3H]C([3H])c1nc(C)nc(C)n1. The first kappa shape index (κ1) is 3.93. The van der Waals surface area contributed by atoms with Crippen molar-refractivity contribution in [2.24, 2.45) is 0 Å². The molecule has 1 aromatic rings. The van der Waals surface area contributed by atoms with Crippen molar-refractivity contribution in [2.75, 3.05) is 0 Å². The van der Waals surface area contributed by atoms with Gasteiger partial charge in [-0.15, -0.1) is 0 Å². The number of aryl methyl sites for hydroxylation is 3. The molecule has 0 N–H and O–H groups in total. The van der Waals surface area contributed by atoms with Crippen LogP contribution in [0.15, 0.2) is 0 Å². The minimum atomic E-state index is -1.12. The zero-order chi connectivity index (χ0) is 8.43. The van der Waals surface area contributed by atoms with Crippen LogP contribution in [-0.2, 0) is 0 Å². The van der Waals surface area contributed by atoms with Gasteiger partial charge in [-0.1, -0.05) is 0 Å². The van der Waals surface area contributed by atoms with Gasteiger partial charge in [0.1, 0.15) is 17.5 Å². The van der Waals surface area contributed by atoms with Crippen molar-refractivity contribution >= 4 is 0 Å². The van der Waals surface area contributed by atoms with Crippen LogP contribution in [-0.4, -0.2) is 15.0 Å². The second-order valence-electron chi connectivity index (χ2n) is 1.79. The third-order valence-corrected chi connectivity index (χ3v) is 0.876. The third kappa shape index (κ3) is 1.45. The molecule has 0 bridgehead atoms. The van der Waals surface area contributed by atoms with E-state index in [1.165, 1.54) is 0 Å². The summed E-state index contributed by atoms with van der Waals surface area (Å²) in [6.45, 7) is 2.33. The lowest BCUT2D eigenvalue weighted by molar-refractivity contribution is 0.875. The topological polar surface area (TPSA) is 38.7 Å². The summed E-state index contributed by atoms with van der Waals surface area (Å²) in [6, 6.07) is 0. The van der Waals surface area contributed by atoms with Crippen LogP contribution < -0.4 is 0 Å². The lowest BCUT2D eigenvalue weighted by atomic mass is 10.6. The van der Waals surface area contributed by atoms with Crippen molar-refractivity contribution in [3.63, 3.8) is 0 Å². The predicted octanol–water partition coefficient (Wildman–Crippen LogP) is 0.797. The molecule has 1 heterocycles. The number of hydrogen-bond donors (Lipinski definition) is 0. The Morgan fingerprint density at radius 3 is 1.89 bits per heavy atom. The fraction of sp³-hybridized carbons (Fsp3) is 0.500. The summed E-state index contributed by atoms with van der Waals surface area (Å²) in [6.07, 6.45) is 0. The van der Waals surface area contributed by atoms with E-state index in [0.29, 0.717) is 11.6 Å². The second-order valence-corrected chi connectivity index (χ2v) is 1.79. The Balaban J connectivity index is 3.08. The Kier molecular flexibility index (Phi) is 0.912. The van der Waals surface area contributed by atoms with Gasteiger partial charge in [0.25, 0.3) is 0 Å². The Morgan fingerprint density at radius 2 is 1.44 bits per heavy atom. The smallest absolute Gasteiger partial charge is 0.129 e. The summed E-state index contributed by atoms with van der Waals surface area (Å²) in [5, 5.41) is 0. The van der Waals surface area contributed by atoms with Gasteiger partial charge >= 0.3 is 0 Å². The molecule has 0 aliphatic rings. The third-order valence-electron chi connectivity index (χ3n) is 0.876. The summed E-state index contributed by atoms with van der Waals surface area (Å²) in [4.78, 5) is 11.6. The first-order chi connectivity index (χ1) is 5.09. The van der Waals surface area contributed by atoms with Crippen molar-refractivity contribution in [3.8, 4) is 0 Å². The van der Waals surface area contributed by atoms with Crippen LogP contribution in [0.3, 0.4) is 0 Å². The zero-order valence-electron chi connectivity index (χ0n) is 7.42. The molecule has 0 fully saturated rings. The van der Waals surface area contributed by atoms with Gasteiger partial charge in [-0.25, -0.2) is 15.0 Å². The van der Waals surface area contributed by atoms with Crippen molar-refractivity contribution in [3.05, 3.63) is 17.5 Å². The largest absolute Gasteiger partial charge is 0.219 e. The van der Waals surface area contributed by atoms with Gasteiger partial charge in [0.05, 0.1) is 0 Å². The Bertz CT molecular complexity index is 242. The van der Waals surface area contributed by atoms with Gasteiger partial charge in [-0.05, 0) is 20.7 Å². The number of hydrogen-bond acceptors (Lipinski definition) is 3. The van der Waals surface area contributed by atoms with Gasteiger partial charge in [0.15, 0.2) is 0 Å². The number of rotatable bonds is 0. The Morgan fingerprint density at radius 1 is 1.00 bits per heavy atom. The molecule has 0 saturated heterocycles. The quantitative estimate of drug-likeness (QED) is 0.517. The summed E-state index contributed by atoms with van der Waals surface area (Å²) < 4.78 is 14.1. The fourth-order valence-corrected chi connectivity index (χ4v) is 0.641. The average Bonchev–Trinajstić information content (AvgIpc) is 1.85. The highest BCUT2D eigenvalue weighted by Gasteiger charge is 1.91. The van der Waals surface area contributed by atoms with E-state index in [1.807, 2.05) is 0 Å². The zero-order valence-corrected chi connectivity index (χ0v) is 5.42. The number of aromatic nitrogens is 3.